The lowest BCUT2D eigenvalue weighted by Crippen LogP contribution is -2.16. The maximum atomic E-state index is 12.1. The maximum Gasteiger partial charge on any atom is 0.264 e. The van der Waals surface area contributed by atoms with Gasteiger partial charge in [0, 0.05) is 18.3 Å². The Kier molecular flexibility index (Phi) is 4.26. The Hall–Kier alpha value is -2.48. The zero-order chi connectivity index (χ0) is 14.5. The fraction of sp³-hybridized carbons (Fsp3) is 0.333. The Morgan fingerprint density at radius 1 is 1.50 bits per heavy atom. The molecule has 0 fully saturated rings. The third-order valence-corrected chi connectivity index (χ3v) is 2.84. The molecule has 2 rings (SSSR count). The molecule has 0 saturated carbocycles. The van der Waals surface area contributed by atoms with Crippen LogP contribution in [0.3, 0.4) is 0 Å². The van der Waals surface area contributed by atoms with Gasteiger partial charge < -0.3 is 11.1 Å². The lowest BCUT2D eigenvalue weighted by atomic mass is 10.2. The molecule has 0 unspecified atom stereocenters. The summed E-state index contributed by atoms with van der Waals surface area (Å²) in [4.78, 5) is 23.0. The summed E-state index contributed by atoms with van der Waals surface area (Å²) in [6, 6.07) is 2.73. The second-order valence-corrected chi connectivity index (χ2v) is 4.27. The molecule has 20 heavy (non-hydrogen) atoms. The summed E-state index contributed by atoms with van der Waals surface area (Å²) in [6.45, 7) is 3.06. The van der Waals surface area contributed by atoms with Gasteiger partial charge in [0.05, 0.1) is 11.8 Å². The fourth-order valence-corrected chi connectivity index (χ4v) is 1.73. The highest BCUT2D eigenvalue weighted by atomic mass is 16.2. The number of carbonyl (C=O) groups is 1. The molecule has 0 aliphatic carbocycles. The van der Waals surface area contributed by atoms with Crippen LogP contribution in [0, 0.1) is 6.92 Å². The molecule has 2 aromatic rings. The third-order valence-electron chi connectivity index (χ3n) is 2.84. The van der Waals surface area contributed by atoms with Crippen molar-refractivity contribution in [2.24, 2.45) is 5.73 Å². The molecule has 106 valence electrons. The summed E-state index contributed by atoms with van der Waals surface area (Å²) in [5.41, 5.74) is 6.36. The minimum Gasteiger partial charge on any atom is -0.330 e. The Balaban J connectivity index is 2.11. The van der Waals surface area contributed by atoms with Crippen molar-refractivity contribution in [2.45, 2.75) is 19.9 Å². The summed E-state index contributed by atoms with van der Waals surface area (Å²) in [5.74, 6) is -0.0373. The number of anilines is 1. The number of nitrogens with two attached hydrogens (primary N) is 1. The topological polar surface area (TPSA) is 119 Å². The van der Waals surface area contributed by atoms with Crippen LogP contribution in [0.1, 0.15) is 22.5 Å². The number of amides is 1. The van der Waals surface area contributed by atoms with Crippen molar-refractivity contribution < 1.29 is 4.79 Å². The highest BCUT2D eigenvalue weighted by Crippen LogP contribution is 2.10. The van der Waals surface area contributed by atoms with Gasteiger partial charge in [-0.25, -0.2) is 5.10 Å². The molecule has 8 heteroatoms. The van der Waals surface area contributed by atoms with Crippen molar-refractivity contribution >= 4 is 11.7 Å². The van der Waals surface area contributed by atoms with Gasteiger partial charge >= 0.3 is 0 Å². The number of hydrogen-bond acceptors (Lipinski definition) is 5. The van der Waals surface area contributed by atoms with Gasteiger partial charge in [0.2, 0.25) is 0 Å². The average molecular weight is 276 g/mol. The first kappa shape index (κ1) is 13.9. The number of aromatic nitrogens is 4. The van der Waals surface area contributed by atoms with Gasteiger partial charge in [0.25, 0.3) is 11.5 Å². The van der Waals surface area contributed by atoms with Gasteiger partial charge in [0.1, 0.15) is 0 Å². The van der Waals surface area contributed by atoms with Gasteiger partial charge in [-0.05, 0) is 26.0 Å². The molecule has 1 amide bonds. The van der Waals surface area contributed by atoms with Crippen molar-refractivity contribution in [3.8, 4) is 0 Å². The predicted octanol–water partition coefficient (Wildman–Crippen LogP) is -0.124. The monoisotopic (exact) mass is 276 g/mol. The Bertz CT molecular complexity index is 640. The van der Waals surface area contributed by atoms with Crippen molar-refractivity contribution in [3.05, 3.63) is 39.9 Å². The molecule has 4 N–H and O–H groups in total. The summed E-state index contributed by atoms with van der Waals surface area (Å²) in [5, 5.41) is 12.7. The number of H-pyrrole nitrogens is 1. The van der Waals surface area contributed by atoms with Crippen molar-refractivity contribution in [2.75, 3.05) is 11.9 Å². The van der Waals surface area contributed by atoms with Crippen molar-refractivity contribution in [1.82, 2.24) is 20.0 Å². The van der Waals surface area contributed by atoms with Crippen LogP contribution in [0.4, 0.5) is 5.82 Å². The number of rotatable bonds is 5. The molecule has 0 aliphatic heterocycles. The van der Waals surface area contributed by atoms with E-state index < -0.39 is 0 Å². The first-order valence-corrected chi connectivity index (χ1v) is 6.21. The van der Waals surface area contributed by atoms with Crippen molar-refractivity contribution in [3.63, 3.8) is 0 Å². The first-order chi connectivity index (χ1) is 9.61. The normalized spacial score (nSPS) is 10.5. The number of nitrogens with one attached hydrogen (secondary N) is 2. The molecule has 0 aliphatic rings. The molecular weight excluding hydrogens is 260 g/mol. The highest BCUT2D eigenvalue weighted by molar-refractivity contribution is 6.04. The predicted molar refractivity (Wildman–Crippen MR) is 73.4 cm³/mol. The number of nitrogens with zero attached hydrogens (tertiary/aromatic N) is 3. The smallest absolute Gasteiger partial charge is 0.264 e. The van der Waals surface area contributed by atoms with Crippen LogP contribution in [0.15, 0.2) is 23.1 Å². The lowest BCUT2D eigenvalue weighted by molar-refractivity contribution is 0.102. The van der Waals surface area contributed by atoms with Crippen LogP contribution in [0.2, 0.25) is 0 Å². The number of carbonyl (C=O) groups excluding carboxylic acids is 1. The minimum atomic E-state index is -0.325. The molecule has 2 aromatic heterocycles. The van der Waals surface area contributed by atoms with Gasteiger partial charge in [-0.15, -0.1) is 0 Å². The van der Waals surface area contributed by atoms with E-state index in [1.807, 2.05) is 6.92 Å². The van der Waals surface area contributed by atoms with Crippen LogP contribution in [-0.2, 0) is 6.54 Å². The molecule has 0 aromatic carbocycles. The van der Waals surface area contributed by atoms with Gasteiger partial charge in [-0.3, -0.25) is 14.3 Å². The van der Waals surface area contributed by atoms with Crippen LogP contribution >= 0.6 is 0 Å². The number of aromatic amines is 1. The quantitative estimate of drug-likeness (QED) is 0.703. The van der Waals surface area contributed by atoms with Crippen LogP contribution < -0.4 is 16.6 Å². The average Bonchev–Trinajstić information content (AvgIpc) is 2.80. The second kappa shape index (κ2) is 6.11. The fourth-order valence-electron chi connectivity index (χ4n) is 1.73. The van der Waals surface area contributed by atoms with Gasteiger partial charge in [-0.1, -0.05) is 0 Å². The molecule has 0 saturated heterocycles. The van der Waals surface area contributed by atoms with E-state index in [2.05, 4.69) is 20.6 Å². The Morgan fingerprint density at radius 2 is 2.30 bits per heavy atom. The van der Waals surface area contributed by atoms with Gasteiger partial charge in [0.15, 0.2) is 5.82 Å². The first-order valence-electron chi connectivity index (χ1n) is 6.21. The molecule has 0 spiro atoms. The van der Waals surface area contributed by atoms with Crippen LogP contribution in [0.5, 0.6) is 0 Å². The maximum absolute atomic E-state index is 12.1. The molecule has 2 heterocycles. The molecule has 0 atom stereocenters. The SMILES string of the molecule is Cc1c(C(=O)Nc2ccc(=O)[nH]n2)cnn1CCCN. The Morgan fingerprint density at radius 3 is 2.95 bits per heavy atom. The van der Waals surface area contributed by atoms with E-state index in [1.54, 1.807) is 4.68 Å². The summed E-state index contributed by atoms with van der Waals surface area (Å²) in [7, 11) is 0. The summed E-state index contributed by atoms with van der Waals surface area (Å²) in [6.07, 6.45) is 2.30. The largest absolute Gasteiger partial charge is 0.330 e. The van der Waals surface area contributed by atoms with Crippen LogP contribution in [-0.4, -0.2) is 32.4 Å². The standard InChI is InChI=1S/C12H16N6O2/c1-8-9(7-14-18(8)6-2-5-13)12(20)15-10-3-4-11(19)17-16-10/h3-4,7H,2,5-6,13H2,1H3,(H,17,19)(H,15,16,20). The molecule has 8 nitrogen and oxygen atoms in total. The van der Waals surface area contributed by atoms with E-state index in [1.165, 1.54) is 18.3 Å². The molecule has 0 radical (unpaired) electrons. The van der Waals surface area contributed by atoms with E-state index in [0.29, 0.717) is 18.7 Å². The van der Waals surface area contributed by atoms with Crippen molar-refractivity contribution in [1.29, 1.82) is 0 Å². The van der Waals surface area contributed by atoms with E-state index >= 15 is 0 Å². The second-order valence-electron chi connectivity index (χ2n) is 4.27. The summed E-state index contributed by atoms with van der Waals surface area (Å²) >= 11 is 0. The van der Waals surface area contributed by atoms with Gasteiger partial charge in [-0.2, -0.15) is 10.2 Å². The van der Waals surface area contributed by atoms with E-state index in [9.17, 15) is 9.59 Å². The lowest BCUT2D eigenvalue weighted by Gasteiger charge is -2.05. The summed E-state index contributed by atoms with van der Waals surface area (Å²) < 4.78 is 1.74. The number of hydrogen-bond donors (Lipinski definition) is 3. The van der Waals surface area contributed by atoms with E-state index in [0.717, 1.165) is 12.1 Å². The third kappa shape index (κ3) is 3.09. The number of aryl methyl sites for hydroxylation is 1. The molecule has 0 bridgehead atoms. The van der Waals surface area contributed by atoms with E-state index in [-0.39, 0.29) is 17.3 Å². The molecular formula is C12H16N6O2. The highest BCUT2D eigenvalue weighted by Gasteiger charge is 2.14. The zero-order valence-corrected chi connectivity index (χ0v) is 11.1. The van der Waals surface area contributed by atoms with Crippen LogP contribution in [0.25, 0.3) is 0 Å². The zero-order valence-electron chi connectivity index (χ0n) is 11.1. The Labute approximate surface area is 115 Å². The minimum absolute atomic E-state index is 0.281. The van der Waals surface area contributed by atoms with E-state index in [4.69, 9.17) is 5.73 Å².